The van der Waals surface area contributed by atoms with Crippen LogP contribution in [0.15, 0.2) is 18.2 Å². The number of piperidine rings is 1. The average Bonchev–Trinajstić information content (AvgIpc) is 2.33. The summed E-state index contributed by atoms with van der Waals surface area (Å²) in [6, 6.07) is 3.96. The van der Waals surface area contributed by atoms with Gasteiger partial charge >= 0.3 is 6.18 Å². The van der Waals surface area contributed by atoms with E-state index in [4.69, 9.17) is 5.73 Å². The zero-order valence-corrected chi connectivity index (χ0v) is 11.7. The molecular formula is C14H20F3N3. The minimum absolute atomic E-state index is 0.0518. The number of anilines is 2. The van der Waals surface area contributed by atoms with Crippen LogP contribution in [-0.2, 0) is 6.18 Å². The van der Waals surface area contributed by atoms with Gasteiger partial charge in [-0.05, 0) is 44.1 Å². The third-order valence-electron chi connectivity index (χ3n) is 3.80. The van der Waals surface area contributed by atoms with Crippen LogP contribution in [-0.4, -0.2) is 31.1 Å². The summed E-state index contributed by atoms with van der Waals surface area (Å²) in [6.45, 7) is 3.82. The molecule has 0 saturated carbocycles. The largest absolute Gasteiger partial charge is 0.418 e. The lowest BCUT2D eigenvalue weighted by atomic mass is 9.93. The highest BCUT2D eigenvalue weighted by Gasteiger charge is 2.35. The van der Waals surface area contributed by atoms with Gasteiger partial charge in [-0.3, -0.25) is 0 Å². The minimum Gasteiger partial charge on any atom is -0.399 e. The van der Waals surface area contributed by atoms with Gasteiger partial charge in [0.2, 0.25) is 0 Å². The van der Waals surface area contributed by atoms with E-state index < -0.39 is 11.7 Å². The van der Waals surface area contributed by atoms with E-state index in [-0.39, 0.29) is 17.4 Å². The van der Waals surface area contributed by atoms with Crippen molar-refractivity contribution in [2.45, 2.75) is 25.6 Å². The Morgan fingerprint density at radius 2 is 2.05 bits per heavy atom. The quantitative estimate of drug-likeness (QED) is 0.822. The topological polar surface area (TPSA) is 41.3 Å². The van der Waals surface area contributed by atoms with Gasteiger partial charge in [0.15, 0.2) is 0 Å². The van der Waals surface area contributed by atoms with Gasteiger partial charge in [-0.15, -0.1) is 0 Å². The lowest BCUT2D eigenvalue weighted by molar-refractivity contribution is -0.136. The first-order valence-corrected chi connectivity index (χ1v) is 6.69. The van der Waals surface area contributed by atoms with Crippen molar-refractivity contribution in [2.24, 2.45) is 5.92 Å². The molecule has 1 heterocycles. The Kier molecular flexibility index (Phi) is 4.13. The van der Waals surface area contributed by atoms with E-state index in [0.29, 0.717) is 5.92 Å². The van der Waals surface area contributed by atoms with Crippen LogP contribution in [0.25, 0.3) is 0 Å². The number of rotatable bonds is 2. The second-order valence-corrected chi connectivity index (χ2v) is 5.58. The molecule has 1 fully saturated rings. The summed E-state index contributed by atoms with van der Waals surface area (Å²) < 4.78 is 39.1. The highest BCUT2D eigenvalue weighted by atomic mass is 19.4. The van der Waals surface area contributed by atoms with Crippen molar-refractivity contribution in [1.29, 1.82) is 0 Å². The monoisotopic (exact) mass is 287 g/mol. The molecule has 3 nitrogen and oxygen atoms in total. The fraction of sp³-hybridized carbons (Fsp3) is 0.571. The van der Waals surface area contributed by atoms with Crippen molar-refractivity contribution < 1.29 is 13.2 Å². The van der Waals surface area contributed by atoms with Gasteiger partial charge in [0.25, 0.3) is 0 Å². The number of nitrogens with two attached hydrogens (primary N) is 1. The zero-order chi connectivity index (χ0) is 14.9. The third kappa shape index (κ3) is 3.36. The maximum atomic E-state index is 13.0. The van der Waals surface area contributed by atoms with Crippen LogP contribution in [0, 0.1) is 5.92 Å². The molecule has 2 unspecified atom stereocenters. The van der Waals surface area contributed by atoms with Crippen molar-refractivity contribution in [1.82, 2.24) is 4.90 Å². The smallest absolute Gasteiger partial charge is 0.399 e. The van der Waals surface area contributed by atoms with Crippen LogP contribution in [0.3, 0.4) is 0 Å². The molecule has 0 bridgehead atoms. The number of likely N-dealkylation sites (tertiary alicyclic amines) is 1. The summed E-state index contributed by atoms with van der Waals surface area (Å²) in [6.07, 6.45) is -3.56. The molecule has 1 aromatic carbocycles. The maximum absolute atomic E-state index is 13.0. The first-order chi connectivity index (χ1) is 9.27. The molecule has 0 aliphatic carbocycles. The summed E-state index contributed by atoms with van der Waals surface area (Å²) in [5.41, 5.74) is 5.02. The Morgan fingerprint density at radius 1 is 1.35 bits per heavy atom. The Morgan fingerprint density at radius 3 is 2.65 bits per heavy atom. The van der Waals surface area contributed by atoms with Gasteiger partial charge in [0.1, 0.15) is 0 Å². The van der Waals surface area contributed by atoms with Crippen LogP contribution in [0.5, 0.6) is 0 Å². The highest BCUT2D eigenvalue weighted by molar-refractivity contribution is 5.59. The van der Waals surface area contributed by atoms with E-state index in [2.05, 4.69) is 17.1 Å². The molecule has 1 aliphatic rings. The highest BCUT2D eigenvalue weighted by Crippen LogP contribution is 2.37. The number of halogens is 3. The van der Waals surface area contributed by atoms with Crippen LogP contribution in [0.2, 0.25) is 0 Å². The second kappa shape index (κ2) is 5.52. The SMILES string of the molecule is CC1CN(C)CCC1Nc1ccc(N)cc1C(F)(F)F. The molecule has 112 valence electrons. The van der Waals surface area contributed by atoms with Crippen LogP contribution < -0.4 is 11.1 Å². The molecule has 1 saturated heterocycles. The van der Waals surface area contributed by atoms with Crippen molar-refractivity contribution in [3.05, 3.63) is 23.8 Å². The van der Waals surface area contributed by atoms with Crippen LogP contribution in [0.1, 0.15) is 18.9 Å². The van der Waals surface area contributed by atoms with Gasteiger partial charge in [0, 0.05) is 24.0 Å². The van der Waals surface area contributed by atoms with E-state index in [1.165, 1.54) is 12.1 Å². The maximum Gasteiger partial charge on any atom is 0.418 e. The van der Waals surface area contributed by atoms with Crippen molar-refractivity contribution in [3.8, 4) is 0 Å². The van der Waals surface area contributed by atoms with Gasteiger partial charge < -0.3 is 16.0 Å². The number of benzene rings is 1. The fourth-order valence-electron chi connectivity index (χ4n) is 2.69. The fourth-order valence-corrected chi connectivity index (χ4v) is 2.69. The molecule has 0 amide bonds. The molecule has 6 heteroatoms. The van der Waals surface area contributed by atoms with E-state index in [1.807, 2.05) is 7.05 Å². The summed E-state index contributed by atoms with van der Waals surface area (Å²) in [4.78, 5) is 2.19. The van der Waals surface area contributed by atoms with Crippen LogP contribution in [0.4, 0.5) is 24.5 Å². The van der Waals surface area contributed by atoms with Gasteiger partial charge in [0.05, 0.1) is 5.56 Å². The summed E-state index contributed by atoms with van der Waals surface area (Å²) in [5.74, 6) is 0.299. The van der Waals surface area contributed by atoms with Crippen molar-refractivity contribution in [2.75, 3.05) is 31.2 Å². The number of nitrogens with zero attached hydrogens (tertiary/aromatic N) is 1. The molecule has 0 spiro atoms. The number of hydrogen-bond donors (Lipinski definition) is 2. The van der Waals surface area contributed by atoms with Gasteiger partial charge in [-0.25, -0.2) is 0 Å². The molecule has 20 heavy (non-hydrogen) atoms. The third-order valence-corrected chi connectivity index (χ3v) is 3.80. The van der Waals surface area contributed by atoms with Crippen LogP contribution >= 0.6 is 0 Å². The Labute approximate surface area is 116 Å². The zero-order valence-electron chi connectivity index (χ0n) is 11.7. The first kappa shape index (κ1) is 15.0. The minimum atomic E-state index is -4.40. The summed E-state index contributed by atoms with van der Waals surface area (Å²) >= 11 is 0. The standard InChI is InChI=1S/C14H20F3N3/c1-9-8-20(2)6-5-12(9)19-13-4-3-10(18)7-11(13)14(15,16)17/h3-4,7,9,12,19H,5-6,8,18H2,1-2H3. The Hall–Kier alpha value is -1.43. The molecular weight excluding hydrogens is 267 g/mol. The lowest BCUT2D eigenvalue weighted by Gasteiger charge is -2.36. The van der Waals surface area contributed by atoms with Gasteiger partial charge in [-0.2, -0.15) is 13.2 Å². The summed E-state index contributed by atoms with van der Waals surface area (Å²) in [7, 11) is 2.02. The van der Waals surface area contributed by atoms with Crippen molar-refractivity contribution in [3.63, 3.8) is 0 Å². The summed E-state index contributed by atoms with van der Waals surface area (Å²) in [5, 5.41) is 3.05. The molecule has 1 aliphatic heterocycles. The van der Waals surface area contributed by atoms with E-state index >= 15 is 0 Å². The predicted octanol–water partition coefficient (Wildman–Crippen LogP) is 3.04. The number of nitrogen functional groups attached to an aromatic ring is 1. The van der Waals surface area contributed by atoms with Gasteiger partial charge in [-0.1, -0.05) is 6.92 Å². The number of hydrogen-bond acceptors (Lipinski definition) is 3. The molecule has 0 aromatic heterocycles. The van der Waals surface area contributed by atoms with E-state index in [9.17, 15) is 13.2 Å². The normalized spacial score (nSPS) is 24.6. The van der Waals surface area contributed by atoms with Crippen molar-refractivity contribution >= 4 is 11.4 Å². The van der Waals surface area contributed by atoms with E-state index in [0.717, 1.165) is 25.6 Å². The second-order valence-electron chi connectivity index (χ2n) is 5.58. The molecule has 2 rings (SSSR count). The first-order valence-electron chi connectivity index (χ1n) is 6.69. The predicted molar refractivity (Wildman–Crippen MR) is 74.5 cm³/mol. The Balaban J connectivity index is 2.21. The molecule has 2 atom stereocenters. The molecule has 0 radical (unpaired) electrons. The average molecular weight is 287 g/mol. The van der Waals surface area contributed by atoms with E-state index in [1.54, 1.807) is 0 Å². The Bertz CT molecular complexity index is 473. The number of alkyl halides is 3. The number of nitrogens with one attached hydrogen (secondary N) is 1. The molecule has 1 aromatic rings. The molecule has 3 N–H and O–H groups in total. The lowest BCUT2D eigenvalue weighted by Crippen LogP contribution is -2.43.